The maximum atomic E-state index is 12.2. The van der Waals surface area contributed by atoms with Crippen molar-refractivity contribution < 1.29 is 9.90 Å². The number of nitrogens with zero attached hydrogens (tertiary/aromatic N) is 2. The van der Waals surface area contributed by atoms with E-state index in [2.05, 4.69) is 11.9 Å². The first kappa shape index (κ1) is 14.5. The van der Waals surface area contributed by atoms with Crippen molar-refractivity contribution in [2.75, 3.05) is 13.6 Å². The second-order valence-electron chi connectivity index (χ2n) is 4.85. The molecule has 1 N–H and O–H groups in total. The SMILES string of the molecule is CC(CN(C)C(=O)Cc1ccccc1O)c1nccs1. The van der Waals surface area contributed by atoms with E-state index in [1.165, 1.54) is 0 Å². The second kappa shape index (κ2) is 6.52. The van der Waals surface area contributed by atoms with Crippen molar-refractivity contribution in [3.8, 4) is 5.75 Å². The number of phenols is 1. The Bertz CT molecular complexity index is 569. The molecule has 0 aliphatic carbocycles. The summed E-state index contributed by atoms with van der Waals surface area (Å²) in [5.74, 6) is 0.380. The molecule has 0 radical (unpaired) electrons. The number of benzene rings is 1. The van der Waals surface area contributed by atoms with Crippen molar-refractivity contribution in [1.82, 2.24) is 9.88 Å². The topological polar surface area (TPSA) is 53.4 Å². The lowest BCUT2D eigenvalue weighted by atomic mass is 10.1. The zero-order chi connectivity index (χ0) is 14.5. The Kier molecular flexibility index (Phi) is 4.74. The van der Waals surface area contributed by atoms with Crippen molar-refractivity contribution in [3.05, 3.63) is 46.4 Å². The highest BCUT2D eigenvalue weighted by Gasteiger charge is 2.16. The molecule has 0 saturated carbocycles. The van der Waals surface area contributed by atoms with Gasteiger partial charge >= 0.3 is 0 Å². The van der Waals surface area contributed by atoms with Crippen molar-refractivity contribution in [3.63, 3.8) is 0 Å². The van der Waals surface area contributed by atoms with Gasteiger partial charge in [0, 0.05) is 36.7 Å². The molecule has 1 aromatic carbocycles. The summed E-state index contributed by atoms with van der Waals surface area (Å²) in [7, 11) is 1.78. The van der Waals surface area contributed by atoms with Crippen molar-refractivity contribution in [2.45, 2.75) is 19.3 Å². The van der Waals surface area contributed by atoms with E-state index in [9.17, 15) is 9.90 Å². The molecule has 0 fully saturated rings. The zero-order valence-corrected chi connectivity index (χ0v) is 12.4. The molecule has 0 spiro atoms. The summed E-state index contributed by atoms with van der Waals surface area (Å²) in [6.45, 7) is 2.68. The highest BCUT2D eigenvalue weighted by Crippen LogP contribution is 2.20. The summed E-state index contributed by atoms with van der Waals surface area (Å²) in [6.07, 6.45) is 1.99. The molecular weight excluding hydrogens is 272 g/mol. The normalized spacial score (nSPS) is 12.1. The maximum Gasteiger partial charge on any atom is 0.226 e. The number of amides is 1. The van der Waals surface area contributed by atoms with Crippen LogP contribution in [-0.2, 0) is 11.2 Å². The molecule has 0 saturated heterocycles. The van der Waals surface area contributed by atoms with E-state index < -0.39 is 0 Å². The number of hydrogen-bond acceptors (Lipinski definition) is 4. The van der Waals surface area contributed by atoms with Gasteiger partial charge in [-0.05, 0) is 6.07 Å². The zero-order valence-electron chi connectivity index (χ0n) is 11.6. The summed E-state index contributed by atoms with van der Waals surface area (Å²) in [5.41, 5.74) is 0.659. The molecule has 1 aromatic heterocycles. The molecule has 5 heteroatoms. The summed E-state index contributed by atoms with van der Waals surface area (Å²) < 4.78 is 0. The van der Waals surface area contributed by atoms with Gasteiger partial charge in [-0.3, -0.25) is 4.79 Å². The average Bonchev–Trinajstić information content (AvgIpc) is 2.95. The monoisotopic (exact) mass is 290 g/mol. The number of thiazole rings is 1. The van der Waals surface area contributed by atoms with E-state index in [4.69, 9.17) is 0 Å². The Morgan fingerprint density at radius 3 is 2.85 bits per heavy atom. The molecule has 106 valence electrons. The Balaban J connectivity index is 1.94. The van der Waals surface area contributed by atoms with E-state index in [0.717, 1.165) is 5.01 Å². The van der Waals surface area contributed by atoms with Gasteiger partial charge in [0.2, 0.25) is 5.91 Å². The van der Waals surface area contributed by atoms with Crippen LogP contribution in [0.5, 0.6) is 5.75 Å². The third-order valence-corrected chi connectivity index (χ3v) is 4.19. The number of rotatable bonds is 5. The Morgan fingerprint density at radius 2 is 2.20 bits per heavy atom. The molecular formula is C15H18N2O2S. The Hall–Kier alpha value is -1.88. The van der Waals surface area contributed by atoms with Crippen molar-refractivity contribution >= 4 is 17.2 Å². The van der Waals surface area contributed by atoms with E-state index in [-0.39, 0.29) is 24.0 Å². The molecule has 1 atom stereocenters. The van der Waals surface area contributed by atoms with Crippen LogP contribution in [0.2, 0.25) is 0 Å². The first-order chi connectivity index (χ1) is 9.58. The van der Waals surface area contributed by atoms with Gasteiger partial charge in [0.1, 0.15) is 5.75 Å². The van der Waals surface area contributed by atoms with Crippen molar-refractivity contribution in [2.24, 2.45) is 0 Å². The third kappa shape index (κ3) is 3.57. The van der Waals surface area contributed by atoms with Crippen LogP contribution < -0.4 is 0 Å². The fourth-order valence-electron chi connectivity index (χ4n) is 2.03. The second-order valence-corrected chi connectivity index (χ2v) is 5.78. The first-order valence-electron chi connectivity index (χ1n) is 6.48. The summed E-state index contributed by atoms with van der Waals surface area (Å²) in [4.78, 5) is 18.1. The van der Waals surface area contributed by atoms with Crippen molar-refractivity contribution in [1.29, 1.82) is 0 Å². The Labute approximate surface area is 122 Å². The molecule has 1 unspecified atom stereocenters. The minimum absolute atomic E-state index is 0.00472. The van der Waals surface area contributed by atoms with Gasteiger partial charge in [-0.2, -0.15) is 0 Å². The van der Waals surface area contributed by atoms with Crippen LogP contribution in [0.15, 0.2) is 35.8 Å². The number of aromatic hydroxyl groups is 1. The highest BCUT2D eigenvalue weighted by molar-refractivity contribution is 7.09. The summed E-state index contributed by atoms with van der Waals surface area (Å²) >= 11 is 1.60. The number of carbonyl (C=O) groups is 1. The van der Waals surface area contributed by atoms with E-state index >= 15 is 0 Å². The predicted octanol–water partition coefficient (Wildman–Crippen LogP) is 2.65. The average molecular weight is 290 g/mol. The molecule has 0 aliphatic rings. The lowest BCUT2D eigenvalue weighted by Crippen LogP contribution is -2.31. The van der Waals surface area contributed by atoms with Crippen LogP contribution in [0.25, 0.3) is 0 Å². The van der Waals surface area contributed by atoms with E-state index in [1.807, 2.05) is 11.4 Å². The van der Waals surface area contributed by atoms with Crippen LogP contribution in [0.3, 0.4) is 0 Å². The number of likely N-dealkylation sites (N-methyl/N-ethyl adjacent to an activating group) is 1. The smallest absolute Gasteiger partial charge is 0.226 e. The van der Waals surface area contributed by atoms with Gasteiger partial charge in [-0.25, -0.2) is 4.98 Å². The fourth-order valence-corrected chi connectivity index (χ4v) is 2.72. The predicted molar refractivity (Wildman–Crippen MR) is 80.0 cm³/mol. The van der Waals surface area contributed by atoms with Gasteiger partial charge in [-0.15, -0.1) is 11.3 Å². The van der Waals surface area contributed by atoms with E-state index in [1.54, 1.807) is 47.7 Å². The van der Waals surface area contributed by atoms with Gasteiger partial charge in [0.25, 0.3) is 0 Å². The van der Waals surface area contributed by atoms with Gasteiger partial charge in [0.15, 0.2) is 0 Å². The van der Waals surface area contributed by atoms with Gasteiger partial charge in [-0.1, -0.05) is 25.1 Å². The molecule has 2 rings (SSSR count). The molecule has 0 bridgehead atoms. The van der Waals surface area contributed by atoms with Crippen LogP contribution in [0.4, 0.5) is 0 Å². The molecule has 1 amide bonds. The molecule has 1 heterocycles. The van der Waals surface area contributed by atoms with E-state index in [0.29, 0.717) is 12.1 Å². The summed E-state index contributed by atoms with van der Waals surface area (Å²) in [6, 6.07) is 6.93. The minimum atomic E-state index is -0.00472. The number of aromatic nitrogens is 1. The number of hydrogen-bond donors (Lipinski definition) is 1. The van der Waals surface area contributed by atoms with Crippen LogP contribution >= 0.6 is 11.3 Å². The fraction of sp³-hybridized carbons (Fsp3) is 0.333. The lowest BCUT2D eigenvalue weighted by molar-refractivity contribution is -0.129. The van der Waals surface area contributed by atoms with Gasteiger partial charge < -0.3 is 10.0 Å². The molecule has 2 aromatic rings. The van der Waals surface area contributed by atoms with Gasteiger partial charge in [0.05, 0.1) is 11.4 Å². The molecule has 4 nitrogen and oxygen atoms in total. The number of para-hydroxylation sites is 1. The quantitative estimate of drug-likeness (QED) is 0.921. The first-order valence-corrected chi connectivity index (χ1v) is 7.36. The molecule has 20 heavy (non-hydrogen) atoms. The van der Waals surface area contributed by atoms with Crippen LogP contribution in [-0.4, -0.2) is 34.5 Å². The number of carbonyl (C=O) groups excluding carboxylic acids is 1. The van der Waals surface area contributed by atoms with Crippen LogP contribution in [0.1, 0.15) is 23.4 Å². The standard InChI is InChI=1S/C15H18N2O2S/c1-11(15-16-7-8-20-15)10-17(2)14(19)9-12-5-3-4-6-13(12)18/h3-8,11,18H,9-10H2,1-2H3. The third-order valence-electron chi connectivity index (χ3n) is 3.18. The number of phenolic OH excluding ortho intramolecular Hbond substituents is 1. The minimum Gasteiger partial charge on any atom is -0.508 e. The Morgan fingerprint density at radius 1 is 1.45 bits per heavy atom. The van der Waals surface area contributed by atoms with Crippen LogP contribution in [0, 0.1) is 0 Å². The largest absolute Gasteiger partial charge is 0.508 e. The maximum absolute atomic E-state index is 12.2. The summed E-state index contributed by atoms with van der Waals surface area (Å²) in [5, 5.41) is 12.7. The lowest BCUT2D eigenvalue weighted by Gasteiger charge is -2.20. The highest BCUT2D eigenvalue weighted by atomic mass is 32.1. The molecule has 0 aliphatic heterocycles.